The molecule has 3 nitrogen and oxygen atoms in total. The second-order valence-corrected chi connectivity index (χ2v) is 4.26. The molecule has 3 aromatic rings. The number of nitrogen functional groups attached to an aromatic ring is 1. The lowest BCUT2D eigenvalue weighted by molar-refractivity contribution is 0.593. The van der Waals surface area contributed by atoms with E-state index < -0.39 is 5.82 Å². The van der Waals surface area contributed by atoms with Crippen LogP contribution in [0.15, 0.2) is 40.8 Å². The highest BCUT2D eigenvalue weighted by atomic mass is 35.5. The third-order valence-electron chi connectivity index (χ3n) is 2.57. The molecule has 18 heavy (non-hydrogen) atoms. The Bertz CT molecular complexity index is 739. The van der Waals surface area contributed by atoms with E-state index in [4.69, 9.17) is 21.8 Å². The highest BCUT2D eigenvalue weighted by Crippen LogP contribution is 2.31. The Morgan fingerprint density at radius 1 is 1.22 bits per heavy atom. The highest BCUT2D eigenvalue weighted by Gasteiger charge is 2.14. The number of hydrogen-bond acceptors (Lipinski definition) is 3. The molecule has 3 rings (SSSR count). The fourth-order valence-electron chi connectivity index (χ4n) is 1.76. The summed E-state index contributed by atoms with van der Waals surface area (Å²) >= 11 is 6.00. The van der Waals surface area contributed by atoms with Gasteiger partial charge in [0.25, 0.3) is 0 Å². The highest BCUT2D eigenvalue weighted by molar-refractivity contribution is 6.35. The van der Waals surface area contributed by atoms with Gasteiger partial charge in [-0.3, -0.25) is 0 Å². The van der Waals surface area contributed by atoms with E-state index in [1.807, 2.05) is 0 Å². The summed E-state index contributed by atoms with van der Waals surface area (Å²) in [5.74, 6) is -0.205. The van der Waals surface area contributed by atoms with Crippen LogP contribution < -0.4 is 5.73 Å². The Morgan fingerprint density at radius 3 is 2.78 bits per heavy atom. The predicted octanol–water partition coefficient (Wildman–Crippen LogP) is 3.87. The molecule has 2 N–H and O–H groups in total. The van der Waals surface area contributed by atoms with Crippen molar-refractivity contribution in [2.24, 2.45) is 0 Å². The zero-order chi connectivity index (χ0) is 12.7. The standard InChI is InChI=1S/C13H8ClFN2O/c14-9-5-7(16)6-11-12(9)18-13(17-11)8-3-1-2-4-10(8)15/h1-6H,16H2. The summed E-state index contributed by atoms with van der Waals surface area (Å²) in [4.78, 5) is 4.19. The summed E-state index contributed by atoms with van der Waals surface area (Å²) < 4.78 is 19.1. The first kappa shape index (κ1) is 11.0. The Hall–Kier alpha value is -2.07. The smallest absolute Gasteiger partial charge is 0.230 e. The number of oxazole rings is 1. The lowest BCUT2D eigenvalue weighted by Crippen LogP contribution is -1.84. The van der Waals surface area contributed by atoms with Crippen LogP contribution in [0, 0.1) is 5.82 Å². The van der Waals surface area contributed by atoms with Crippen LogP contribution in [0.5, 0.6) is 0 Å². The van der Waals surface area contributed by atoms with Gasteiger partial charge in [0, 0.05) is 5.69 Å². The number of nitrogens with two attached hydrogens (primary N) is 1. The zero-order valence-electron chi connectivity index (χ0n) is 9.15. The van der Waals surface area contributed by atoms with E-state index in [1.54, 1.807) is 30.3 Å². The van der Waals surface area contributed by atoms with Crippen molar-refractivity contribution in [2.75, 3.05) is 5.73 Å². The van der Waals surface area contributed by atoms with Crippen molar-refractivity contribution < 1.29 is 8.81 Å². The lowest BCUT2D eigenvalue weighted by Gasteiger charge is -1.95. The average Bonchev–Trinajstić information content (AvgIpc) is 2.73. The van der Waals surface area contributed by atoms with E-state index in [0.717, 1.165) is 0 Å². The van der Waals surface area contributed by atoms with E-state index in [1.165, 1.54) is 6.07 Å². The number of hydrogen-bond donors (Lipinski definition) is 1. The summed E-state index contributed by atoms with van der Waals surface area (Å²) in [7, 11) is 0. The molecule has 1 heterocycles. The molecule has 0 radical (unpaired) electrons. The molecule has 1 aromatic heterocycles. The molecule has 0 aliphatic carbocycles. The maximum atomic E-state index is 13.6. The maximum Gasteiger partial charge on any atom is 0.230 e. The van der Waals surface area contributed by atoms with Crippen LogP contribution in [0.2, 0.25) is 5.02 Å². The molecular weight excluding hydrogens is 255 g/mol. The molecule has 0 bridgehead atoms. The zero-order valence-corrected chi connectivity index (χ0v) is 9.91. The minimum Gasteiger partial charge on any atom is -0.434 e. The number of anilines is 1. The van der Waals surface area contributed by atoms with Crippen molar-refractivity contribution in [1.29, 1.82) is 0 Å². The van der Waals surface area contributed by atoms with Gasteiger partial charge in [-0.25, -0.2) is 9.37 Å². The van der Waals surface area contributed by atoms with Crippen molar-refractivity contribution in [3.63, 3.8) is 0 Å². The molecule has 0 aliphatic rings. The van der Waals surface area contributed by atoms with E-state index in [-0.39, 0.29) is 5.89 Å². The first-order valence-electron chi connectivity index (χ1n) is 5.25. The number of rotatable bonds is 1. The predicted molar refractivity (Wildman–Crippen MR) is 68.8 cm³/mol. The normalized spacial score (nSPS) is 11.0. The van der Waals surface area contributed by atoms with Gasteiger partial charge in [0.15, 0.2) is 5.58 Å². The first-order chi connectivity index (χ1) is 8.65. The number of halogens is 2. The van der Waals surface area contributed by atoms with Crippen molar-refractivity contribution >= 4 is 28.4 Å². The minimum atomic E-state index is -0.395. The van der Waals surface area contributed by atoms with Gasteiger partial charge in [-0.2, -0.15) is 0 Å². The molecular formula is C13H8ClFN2O. The van der Waals surface area contributed by atoms with E-state index in [0.29, 0.717) is 27.4 Å². The van der Waals surface area contributed by atoms with Gasteiger partial charge in [-0.15, -0.1) is 0 Å². The van der Waals surface area contributed by atoms with Gasteiger partial charge in [0.05, 0.1) is 10.6 Å². The number of aromatic nitrogens is 1. The van der Waals surface area contributed by atoms with Crippen molar-refractivity contribution in [2.45, 2.75) is 0 Å². The molecule has 0 unspecified atom stereocenters. The molecule has 0 saturated carbocycles. The van der Waals surface area contributed by atoms with Gasteiger partial charge >= 0.3 is 0 Å². The second kappa shape index (κ2) is 3.99. The van der Waals surface area contributed by atoms with Crippen LogP contribution in [0.3, 0.4) is 0 Å². The summed E-state index contributed by atoms with van der Waals surface area (Å²) in [5.41, 5.74) is 7.36. The van der Waals surface area contributed by atoms with Crippen LogP contribution in [0.4, 0.5) is 10.1 Å². The third kappa shape index (κ3) is 1.71. The fourth-order valence-corrected chi connectivity index (χ4v) is 2.02. The molecule has 0 aliphatic heterocycles. The average molecular weight is 263 g/mol. The van der Waals surface area contributed by atoms with E-state index in [2.05, 4.69) is 4.98 Å². The van der Waals surface area contributed by atoms with Gasteiger partial charge in [-0.1, -0.05) is 23.7 Å². The van der Waals surface area contributed by atoms with Crippen LogP contribution in [-0.2, 0) is 0 Å². The molecule has 0 saturated heterocycles. The third-order valence-corrected chi connectivity index (χ3v) is 2.85. The molecule has 0 amide bonds. The second-order valence-electron chi connectivity index (χ2n) is 3.85. The number of nitrogens with zero attached hydrogens (tertiary/aromatic N) is 1. The van der Waals surface area contributed by atoms with Gasteiger partial charge in [0.2, 0.25) is 5.89 Å². The summed E-state index contributed by atoms with van der Waals surface area (Å²) in [6.45, 7) is 0. The largest absolute Gasteiger partial charge is 0.434 e. The topological polar surface area (TPSA) is 52.0 Å². The summed E-state index contributed by atoms with van der Waals surface area (Å²) in [5, 5.41) is 0.361. The van der Waals surface area contributed by atoms with Gasteiger partial charge in [-0.05, 0) is 24.3 Å². The van der Waals surface area contributed by atoms with Crippen LogP contribution in [-0.4, -0.2) is 4.98 Å². The summed E-state index contributed by atoms with van der Waals surface area (Å²) in [6, 6.07) is 9.46. The minimum absolute atomic E-state index is 0.190. The molecule has 0 spiro atoms. The monoisotopic (exact) mass is 262 g/mol. The fraction of sp³-hybridized carbons (Fsp3) is 0. The quantitative estimate of drug-likeness (QED) is 0.677. The van der Waals surface area contributed by atoms with Crippen molar-refractivity contribution in [1.82, 2.24) is 4.98 Å². The van der Waals surface area contributed by atoms with E-state index >= 15 is 0 Å². The van der Waals surface area contributed by atoms with Crippen LogP contribution >= 0.6 is 11.6 Å². The van der Waals surface area contributed by atoms with Gasteiger partial charge in [0.1, 0.15) is 11.3 Å². The summed E-state index contributed by atoms with van der Waals surface area (Å²) in [6.07, 6.45) is 0. The molecule has 0 fully saturated rings. The molecule has 0 atom stereocenters. The number of fused-ring (bicyclic) bond motifs is 1. The molecule has 5 heteroatoms. The SMILES string of the molecule is Nc1cc(Cl)c2oc(-c3ccccc3F)nc2c1. The Labute approximate surface area is 107 Å². The Morgan fingerprint density at radius 2 is 2.00 bits per heavy atom. The molecule has 2 aromatic carbocycles. The maximum absolute atomic E-state index is 13.6. The van der Waals surface area contributed by atoms with Gasteiger partial charge < -0.3 is 10.2 Å². The van der Waals surface area contributed by atoms with Crippen LogP contribution in [0.1, 0.15) is 0 Å². The Balaban J connectivity index is 2.26. The van der Waals surface area contributed by atoms with E-state index in [9.17, 15) is 4.39 Å². The first-order valence-corrected chi connectivity index (χ1v) is 5.63. The Kier molecular flexibility index (Phi) is 2.45. The number of benzene rings is 2. The van der Waals surface area contributed by atoms with Crippen molar-refractivity contribution in [3.8, 4) is 11.5 Å². The van der Waals surface area contributed by atoms with Crippen LogP contribution in [0.25, 0.3) is 22.6 Å². The molecule has 90 valence electrons. The lowest BCUT2D eigenvalue weighted by atomic mass is 10.2. The van der Waals surface area contributed by atoms with Crippen molar-refractivity contribution in [3.05, 3.63) is 47.2 Å².